The summed E-state index contributed by atoms with van der Waals surface area (Å²) in [7, 11) is 0. The van der Waals surface area contributed by atoms with Crippen molar-refractivity contribution in [1.29, 1.82) is 0 Å². The van der Waals surface area contributed by atoms with Crippen molar-refractivity contribution >= 4 is 17.3 Å². The SMILES string of the molecule is O=C(O)/C=C/Cc1ccc(NC2CC2)cc1[N+](=O)[O-]. The summed E-state index contributed by atoms with van der Waals surface area (Å²) < 4.78 is 0. The molecule has 1 aliphatic rings. The maximum absolute atomic E-state index is 11.0. The van der Waals surface area contributed by atoms with Gasteiger partial charge in [-0.3, -0.25) is 10.1 Å². The van der Waals surface area contributed by atoms with Gasteiger partial charge in [0.1, 0.15) is 0 Å². The summed E-state index contributed by atoms with van der Waals surface area (Å²) in [6.07, 6.45) is 4.80. The number of hydrogen-bond donors (Lipinski definition) is 2. The molecule has 6 heteroatoms. The number of nitrogens with one attached hydrogen (secondary N) is 1. The van der Waals surface area contributed by atoms with Crippen molar-refractivity contribution in [2.24, 2.45) is 0 Å². The molecule has 1 aliphatic carbocycles. The second kappa shape index (κ2) is 5.51. The molecule has 0 unspecified atom stereocenters. The maximum atomic E-state index is 11.0. The van der Waals surface area contributed by atoms with E-state index in [-0.39, 0.29) is 12.1 Å². The molecule has 1 aromatic carbocycles. The van der Waals surface area contributed by atoms with Gasteiger partial charge >= 0.3 is 5.97 Å². The summed E-state index contributed by atoms with van der Waals surface area (Å²) in [5.41, 5.74) is 1.25. The van der Waals surface area contributed by atoms with Crippen molar-refractivity contribution in [2.75, 3.05) is 5.32 Å². The van der Waals surface area contributed by atoms with Crippen LogP contribution in [0.2, 0.25) is 0 Å². The number of nitro groups is 1. The van der Waals surface area contributed by atoms with Crippen molar-refractivity contribution in [3.8, 4) is 0 Å². The molecule has 100 valence electrons. The van der Waals surface area contributed by atoms with Gasteiger partial charge in [-0.2, -0.15) is 0 Å². The lowest BCUT2D eigenvalue weighted by Gasteiger charge is -2.06. The number of rotatable bonds is 6. The first-order valence-electron chi connectivity index (χ1n) is 5.99. The lowest BCUT2D eigenvalue weighted by Crippen LogP contribution is -2.02. The molecule has 0 aliphatic heterocycles. The van der Waals surface area contributed by atoms with Gasteiger partial charge in [0.25, 0.3) is 5.69 Å². The Morgan fingerprint density at radius 2 is 2.26 bits per heavy atom. The molecule has 6 nitrogen and oxygen atoms in total. The lowest BCUT2D eigenvalue weighted by atomic mass is 10.1. The minimum absolute atomic E-state index is 0.0145. The van der Waals surface area contributed by atoms with Gasteiger partial charge < -0.3 is 10.4 Å². The standard InChI is InChI=1S/C13H14N2O4/c16-13(17)3-1-2-9-4-5-11(14-10-6-7-10)8-12(9)15(18)19/h1,3-5,8,10,14H,2,6-7H2,(H,16,17)/b3-1+. The summed E-state index contributed by atoms with van der Waals surface area (Å²) >= 11 is 0. The van der Waals surface area contributed by atoms with Crippen molar-refractivity contribution in [2.45, 2.75) is 25.3 Å². The zero-order valence-corrected chi connectivity index (χ0v) is 10.2. The van der Waals surface area contributed by atoms with E-state index in [1.807, 2.05) is 0 Å². The zero-order chi connectivity index (χ0) is 13.8. The Morgan fingerprint density at radius 3 is 2.84 bits per heavy atom. The number of carbonyl (C=O) groups is 1. The van der Waals surface area contributed by atoms with Gasteiger partial charge in [-0.15, -0.1) is 0 Å². The third-order valence-corrected chi connectivity index (χ3v) is 2.83. The third kappa shape index (κ3) is 3.80. The summed E-state index contributed by atoms with van der Waals surface area (Å²) in [6.45, 7) is 0. The molecule has 0 bridgehead atoms. The molecular weight excluding hydrogens is 248 g/mol. The third-order valence-electron chi connectivity index (χ3n) is 2.83. The van der Waals surface area contributed by atoms with Gasteiger partial charge in [0, 0.05) is 29.4 Å². The molecule has 0 atom stereocenters. The van der Waals surface area contributed by atoms with Crippen LogP contribution in [0.1, 0.15) is 18.4 Å². The molecule has 1 saturated carbocycles. The van der Waals surface area contributed by atoms with Gasteiger partial charge in [0.15, 0.2) is 0 Å². The fourth-order valence-electron chi connectivity index (χ4n) is 1.75. The van der Waals surface area contributed by atoms with E-state index in [2.05, 4.69) is 5.32 Å². The molecule has 1 aromatic rings. The summed E-state index contributed by atoms with van der Waals surface area (Å²) in [6, 6.07) is 5.38. The monoisotopic (exact) mass is 262 g/mol. The fourth-order valence-corrected chi connectivity index (χ4v) is 1.75. The Kier molecular flexibility index (Phi) is 3.79. The van der Waals surface area contributed by atoms with Gasteiger partial charge in [0.05, 0.1) is 4.92 Å². The van der Waals surface area contributed by atoms with Crippen LogP contribution in [-0.2, 0) is 11.2 Å². The molecular formula is C13H14N2O4. The molecule has 0 saturated heterocycles. The highest BCUT2D eigenvalue weighted by atomic mass is 16.6. The number of carboxylic acids is 1. The summed E-state index contributed by atoms with van der Waals surface area (Å²) in [4.78, 5) is 20.9. The van der Waals surface area contributed by atoms with Crippen LogP contribution >= 0.6 is 0 Å². The van der Waals surface area contributed by atoms with Gasteiger partial charge in [0.2, 0.25) is 0 Å². The molecule has 0 radical (unpaired) electrons. The highest BCUT2D eigenvalue weighted by Crippen LogP contribution is 2.29. The minimum atomic E-state index is -1.06. The fraction of sp³-hybridized carbons (Fsp3) is 0.308. The van der Waals surface area contributed by atoms with E-state index in [1.54, 1.807) is 12.1 Å². The van der Waals surface area contributed by atoms with E-state index in [4.69, 9.17) is 5.11 Å². The Morgan fingerprint density at radius 1 is 1.53 bits per heavy atom. The van der Waals surface area contributed by atoms with Gasteiger partial charge in [-0.1, -0.05) is 6.08 Å². The largest absolute Gasteiger partial charge is 0.478 e. The average molecular weight is 262 g/mol. The molecule has 2 N–H and O–H groups in total. The summed E-state index contributed by atoms with van der Waals surface area (Å²) in [5, 5.41) is 22.7. The van der Waals surface area contributed by atoms with Crippen molar-refractivity contribution in [3.63, 3.8) is 0 Å². The Balaban J connectivity index is 2.16. The van der Waals surface area contributed by atoms with E-state index in [9.17, 15) is 14.9 Å². The number of aliphatic carboxylic acids is 1. The summed E-state index contributed by atoms with van der Waals surface area (Å²) in [5.74, 6) is -1.06. The van der Waals surface area contributed by atoms with E-state index in [0.29, 0.717) is 11.6 Å². The van der Waals surface area contributed by atoms with Crippen LogP contribution in [0.4, 0.5) is 11.4 Å². The molecule has 2 rings (SSSR count). The van der Waals surface area contributed by atoms with Crippen molar-refractivity contribution < 1.29 is 14.8 Å². The number of allylic oxidation sites excluding steroid dienone is 1. The molecule has 0 aromatic heterocycles. The zero-order valence-electron chi connectivity index (χ0n) is 10.2. The lowest BCUT2D eigenvalue weighted by molar-refractivity contribution is -0.385. The van der Waals surface area contributed by atoms with Crippen LogP contribution < -0.4 is 5.32 Å². The van der Waals surface area contributed by atoms with Crippen LogP contribution in [0.25, 0.3) is 0 Å². The average Bonchev–Trinajstić information content (AvgIpc) is 3.14. The molecule has 19 heavy (non-hydrogen) atoms. The van der Waals surface area contributed by atoms with E-state index >= 15 is 0 Å². The van der Waals surface area contributed by atoms with Crippen molar-refractivity contribution in [1.82, 2.24) is 0 Å². The quantitative estimate of drug-likeness (QED) is 0.466. The van der Waals surface area contributed by atoms with E-state index in [1.165, 1.54) is 12.1 Å². The van der Waals surface area contributed by atoms with Crippen LogP contribution in [0, 0.1) is 10.1 Å². The molecule has 0 amide bonds. The minimum Gasteiger partial charge on any atom is -0.478 e. The molecule has 0 spiro atoms. The number of carboxylic acid groups (broad SMARTS) is 1. The normalized spacial score (nSPS) is 14.5. The molecule has 1 fully saturated rings. The number of anilines is 1. The van der Waals surface area contributed by atoms with Gasteiger partial charge in [-0.05, 0) is 31.4 Å². The highest BCUT2D eigenvalue weighted by molar-refractivity contribution is 5.79. The first-order chi connectivity index (χ1) is 9.06. The highest BCUT2D eigenvalue weighted by Gasteiger charge is 2.22. The topological polar surface area (TPSA) is 92.5 Å². The first-order valence-corrected chi connectivity index (χ1v) is 5.99. The van der Waals surface area contributed by atoms with Gasteiger partial charge in [-0.25, -0.2) is 4.79 Å². The predicted molar refractivity (Wildman–Crippen MR) is 70.2 cm³/mol. The Labute approximate surface area is 109 Å². The number of nitro benzene ring substituents is 1. The van der Waals surface area contributed by atoms with Crippen LogP contribution in [0.5, 0.6) is 0 Å². The smallest absolute Gasteiger partial charge is 0.327 e. The van der Waals surface area contributed by atoms with Crippen molar-refractivity contribution in [3.05, 3.63) is 46.0 Å². The van der Waals surface area contributed by atoms with E-state index < -0.39 is 10.9 Å². The first kappa shape index (κ1) is 13.1. The number of hydrogen-bond acceptors (Lipinski definition) is 4. The number of benzene rings is 1. The van der Waals surface area contributed by atoms with Crippen LogP contribution in [0.3, 0.4) is 0 Å². The Hall–Kier alpha value is -2.37. The number of nitrogens with zero attached hydrogens (tertiary/aromatic N) is 1. The maximum Gasteiger partial charge on any atom is 0.327 e. The van der Waals surface area contributed by atoms with E-state index in [0.717, 1.165) is 24.6 Å². The second-order valence-corrected chi connectivity index (χ2v) is 4.46. The Bertz CT molecular complexity index is 535. The van der Waals surface area contributed by atoms with Crippen LogP contribution in [0.15, 0.2) is 30.4 Å². The molecule has 0 heterocycles. The second-order valence-electron chi connectivity index (χ2n) is 4.46. The predicted octanol–water partition coefficient (Wildman–Crippen LogP) is 2.35. The van der Waals surface area contributed by atoms with Crippen LogP contribution in [-0.4, -0.2) is 22.0 Å².